The predicted molar refractivity (Wildman–Crippen MR) is 123 cm³/mol. The highest BCUT2D eigenvalue weighted by Gasteiger charge is 2.42. The minimum Gasteiger partial charge on any atom is -0.496 e. The van der Waals surface area contributed by atoms with Crippen LogP contribution in [0.2, 0.25) is 5.02 Å². The zero-order valence-electron chi connectivity index (χ0n) is 18.0. The third kappa shape index (κ3) is 3.41. The van der Waals surface area contributed by atoms with Gasteiger partial charge in [0.1, 0.15) is 11.5 Å². The lowest BCUT2D eigenvalue weighted by Crippen LogP contribution is -2.33. The van der Waals surface area contributed by atoms with Crippen molar-refractivity contribution in [1.29, 1.82) is 0 Å². The lowest BCUT2D eigenvalue weighted by atomic mass is 9.95. The smallest absolute Gasteiger partial charge is 0.217 e. The van der Waals surface area contributed by atoms with E-state index in [0.29, 0.717) is 22.9 Å². The molecule has 0 aromatic heterocycles. The van der Waals surface area contributed by atoms with E-state index in [2.05, 4.69) is 0 Å². The maximum absolute atomic E-state index is 6.43. The first kappa shape index (κ1) is 20.5. The normalized spacial score (nSPS) is 18.9. The predicted octanol–water partition coefficient (Wildman–Crippen LogP) is 5.61. The molecule has 2 aliphatic rings. The fourth-order valence-electron chi connectivity index (χ4n) is 4.32. The first-order chi connectivity index (χ1) is 15.6. The summed E-state index contributed by atoms with van der Waals surface area (Å²) >= 11 is 6.33. The van der Waals surface area contributed by atoms with Gasteiger partial charge in [0.15, 0.2) is 11.5 Å². The topological polar surface area (TPSA) is 52.5 Å². The second-order valence-electron chi connectivity index (χ2n) is 7.61. The van der Waals surface area contributed by atoms with Gasteiger partial charge in [0, 0.05) is 22.6 Å². The Labute approximate surface area is 191 Å². The summed E-state index contributed by atoms with van der Waals surface area (Å²) in [5, 5.41) is 7.67. The number of fused-ring (bicyclic) bond motifs is 3. The quantitative estimate of drug-likeness (QED) is 0.505. The molecule has 0 saturated heterocycles. The zero-order chi connectivity index (χ0) is 22.2. The first-order valence-corrected chi connectivity index (χ1v) is 10.7. The molecule has 0 radical (unpaired) electrons. The van der Waals surface area contributed by atoms with Crippen LogP contribution < -0.4 is 18.9 Å². The lowest BCUT2D eigenvalue weighted by Gasteiger charge is -2.38. The fourth-order valence-corrected chi connectivity index (χ4v) is 4.50. The van der Waals surface area contributed by atoms with E-state index >= 15 is 0 Å². The molecule has 5 rings (SSSR count). The van der Waals surface area contributed by atoms with Gasteiger partial charge in [-0.15, -0.1) is 0 Å². The van der Waals surface area contributed by atoms with Crippen LogP contribution in [0.25, 0.3) is 0 Å². The van der Waals surface area contributed by atoms with Gasteiger partial charge in [-0.1, -0.05) is 23.7 Å². The van der Waals surface area contributed by atoms with Crippen molar-refractivity contribution in [2.75, 3.05) is 21.3 Å². The number of rotatable bonds is 5. The van der Waals surface area contributed by atoms with Gasteiger partial charge in [0.25, 0.3) is 0 Å². The largest absolute Gasteiger partial charge is 0.496 e. The van der Waals surface area contributed by atoms with Gasteiger partial charge in [-0.2, -0.15) is 5.10 Å². The van der Waals surface area contributed by atoms with E-state index in [1.54, 1.807) is 21.3 Å². The molecule has 3 aromatic rings. The van der Waals surface area contributed by atoms with Gasteiger partial charge in [-0.25, -0.2) is 5.01 Å². The molecular formula is C25H23ClN2O4. The molecule has 164 valence electrons. The minimum absolute atomic E-state index is 0.0181. The molecule has 2 heterocycles. The molecular weight excluding hydrogens is 428 g/mol. The van der Waals surface area contributed by atoms with Gasteiger partial charge >= 0.3 is 0 Å². The Kier molecular flexibility index (Phi) is 5.31. The molecule has 0 N–H and O–H groups in total. The van der Waals surface area contributed by atoms with E-state index in [-0.39, 0.29) is 6.04 Å². The second kappa shape index (κ2) is 8.28. The highest BCUT2D eigenvalue weighted by atomic mass is 35.5. The molecule has 3 aromatic carbocycles. The molecule has 2 unspecified atom stereocenters. The van der Waals surface area contributed by atoms with Crippen LogP contribution in [-0.4, -0.2) is 32.0 Å². The van der Waals surface area contributed by atoms with Crippen LogP contribution in [0, 0.1) is 0 Å². The number of nitrogens with zero attached hydrogens (tertiary/aromatic N) is 2. The van der Waals surface area contributed by atoms with Gasteiger partial charge in [-0.3, -0.25) is 0 Å². The van der Waals surface area contributed by atoms with Crippen LogP contribution in [0.1, 0.15) is 35.4 Å². The molecule has 2 aliphatic heterocycles. The van der Waals surface area contributed by atoms with Crippen LogP contribution in [-0.2, 0) is 0 Å². The molecule has 0 spiro atoms. The fraction of sp³-hybridized carbons (Fsp3) is 0.240. The van der Waals surface area contributed by atoms with Gasteiger partial charge in [0.2, 0.25) is 6.23 Å². The molecule has 0 fully saturated rings. The molecule has 32 heavy (non-hydrogen) atoms. The van der Waals surface area contributed by atoms with E-state index in [0.717, 1.165) is 33.9 Å². The van der Waals surface area contributed by atoms with Crippen molar-refractivity contribution in [3.63, 3.8) is 0 Å². The standard InChI is InChI=1S/C25H23ClN2O4/c1-29-21-7-5-4-6-17(21)25-28-20(18-13-16(26)9-11-22(18)32-25)14-19(27-28)15-8-10-23(30-2)24(12-15)31-3/h4-13,20,25H,14H2,1-3H3. The summed E-state index contributed by atoms with van der Waals surface area (Å²) in [6, 6.07) is 19.4. The van der Waals surface area contributed by atoms with Gasteiger partial charge in [-0.05, 0) is 48.5 Å². The molecule has 0 saturated carbocycles. The number of hydrogen-bond acceptors (Lipinski definition) is 6. The first-order valence-electron chi connectivity index (χ1n) is 10.3. The summed E-state index contributed by atoms with van der Waals surface area (Å²) in [7, 11) is 4.92. The minimum atomic E-state index is -0.428. The summed E-state index contributed by atoms with van der Waals surface area (Å²) in [4.78, 5) is 0. The molecule has 6 nitrogen and oxygen atoms in total. The molecule has 0 bridgehead atoms. The second-order valence-corrected chi connectivity index (χ2v) is 8.05. The number of benzene rings is 3. The van der Waals surface area contributed by atoms with Crippen molar-refractivity contribution in [3.05, 3.63) is 82.4 Å². The van der Waals surface area contributed by atoms with Crippen LogP contribution in [0.5, 0.6) is 23.0 Å². The molecule has 2 atom stereocenters. The third-order valence-electron chi connectivity index (χ3n) is 5.87. The Bertz CT molecular complexity index is 1200. The van der Waals surface area contributed by atoms with E-state index in [1.165, 1.54) is 0 Å². The number of halogens is 1. The van der Waals surface area contributed by atoms with E-state index < -0.39 is 6.23 Å². The number of hydrogen-bond donors (Lipinski definition) is 0. The number of methoxy groups -OCH3 is 3. The molecule has 0 amide bonds. The SMILES string of the molecule is COc1ccc(C2=NN3C(C2)c2cc(Cl)ccc2OC3c2ccccc2OC)cc1OC. The third-order valence-corrected chi connectivity index (χ3v) is 6.11. The van der Waals surface area contributed by atoms with Crippen molar-refractivity contribution in [2.45, 2.75) is 18.7 Å². The van der Waals surface area contributed by atoms with E-state index in [9.17, 15) is 0 Å². The summed E-state index contributed by atoms with van der Waals surface area (Å²) in [5.74, 6) is 2.90. The van der Waals surface area contributed by atoms with Crippen molar-refractivity contribution < 1.29 is 18.9 Å². The molecule has 7 heteroatoms. The summed E-state index contributed by atoms with van der Waals surface area (Å²) in [6.45, 7) is 0. The Morgan fingerprint density at radius 1 is 0.875 bits per heavy atom. The average Bonchev–Trinajstić information content (AvgIpc) is 3.29. The Balaban J connectivity index is 1.61. The lowest BCUT2D eigenvalue weighted by molar-refractivity contribution is -0.0203. The highest BCUT2D eigenvalue weighted by molar-refractivity contribution is 6.30. The summed E-state index contributed by atoms with van der Waals surface area (Å²) in [6.07, 6.45) is 0.278. The maximum atomic E-state index is 6.43. The molecule has 0 aliphatic carbocycles. The van der Waals surface area contributed by atoms with Crippen LogP contribution in [0.3, 0.4) is 0 Å². The average molecular weight is 451 g/mol. The Morgan fingerprint density at radius 3 is 2.44 bits per heavy atom. The van der Waals surface area contributed by atoms with Crippen molar-refractivity contribution in [2.24, 2.45) is 5.10 Å². The van der Waals surface area contributed by atoms with Crippen LogP contribution in [0.4, 0.5) is 0 Å². The van der Waals surface area contributed by atoms with Crippen molar-refractivity contribution in [1.82, 2.24) is 5.01 Å². The Hall–Kier alpha value is -3.38. The van der Waals surface area contributed by atoms with Crippen LogP contribution in [0.15, 0.2) is 65.8 Å². The zero-order valence-corrected chi connectivity index (χ0v) is 18.8. The maximum Gasteiger partial charge on any atom is 0.217 e. The van der Waals surface area contributed by atoms with Gasteiger partial charge < -0.3 is 18.9 Å². The van der Waals surface area contributed by atoms with Crippen molar-refractivity contribution >= 4 is 17.3 Å². The van der Waals surface area contributed by atoms with Gasteiger partial charge in [0.05, 0.1) is 38.6 Å². The number of hydrazone groups is 1. The highest BCUT2D eigenvalue weighted by Crippen LogP contribution is 2.49. The van der Waals surface area contributed by atoms with E-state index in [4.69, 9.17) is 35.6 Å². The van der Waals surface area contributed by atoms with E-state index in [1.807, 2.05) is 65.7 Å². The monoisotopic (exact) mass is 450 g/mol. The van der Waals surface area contributed by atoms with Crippen LogP contribution >= 0.6 is 11.6 Å². The van der Waals surface area contributed by atoms with Crippen molar-refractivity contribution in [3.8, 4) is 23.0 Å². The number of ether oxygens (including phenoxy) is 4. The number of para-hydroxylation sites is 1. The Morgan fingerprint density at radius 2 is 1.66 bits per heavy atom. The summed E-state index contributed by atoms with van der Waals surface area (Å²) in [5.41, 5.74) is 3.84. The summed E-state index contributed by atoms with van der Waals surface area (Å²) < 4.78 is 22.9.